The predicted octanol–water partition coefficient (Wildman–Crippen LogP) is 1.78. The zero-order chi connectivity index (χ0) is 15.5. The van der Waals surface area contributed by atoms with Gasteiger partial charge in [-0.25, -0.2) is 8.42 Å². The van der Waals surface area contributed by atoms with Gasteiger partial charge in [0.25, 0.3) is 10.0 Å². The number of aryl methyl sites for hydroxylation is 1. The molecule has 0 aromatic carbocycles. The van der Waals surface area contributed by atoms with Crippen LogP contribution in [0.25, 0.3) is 0 Å². The van der Waals surface area contributed by atoms with Crippen molar-refractivity contribution in [3.05, 3.63) is 11.3 Å². The van der Waals surface area contributed by atoms with Crippen molar-refractivity contribution in [1.29, 1.82) is 0 Å². The third kappa shape index (κ3) is 3.30. The number of hydrogen-bond donors (Lipinski definition) is 2. The molecule has 0 spiro atoms. The first-order valence-corrected chi connectivity index (χ1v) is 9.16. The summed E-state index contributed by atoms with van der Waals surface area (Å²) in [6, 6.07) is 0.119. The summed E-state index contributed by atoms with van der Waals surface area (Å²) in [6.07, 6.45) is 4.92. The number of rotatable bonds is 6. The van der Waals surface area contributed by atoms with E-state index in [9.17, 15) is 8.42 Å². The van der Waals surface area contributed by atoms with Crippen LogP contribution < -0.4 is 5.32 Å². The molecule has 120 valence electrons. The quantitative estimate of drug-likeness (QED) is 0.839. The smallest absolute Gasteiger partial charge is 0.262 e. The Bertz CT molecular complexity index is 566. The molecule has 0 amide bonds. The van der Waals surface area contributed by atoms with Crippen LogP contribution in [0.5, 0.6) is 0 Å². The van der Waals surface area contributed by atoms with E-state index in [1.807, 2.05) is 14.0 Å². The van der Waals surface area contributed by atoms with Gasteiger partial charge in [-0.3, -0.25) is 5.10 Å². The highest BCUT2D eigenvalue weighted by Crippen LogP contribution is 2.29. The third-order valence-corrected chi connectivity index (χ3v) is 6.06. The first-order chi connectivity index (χ1) is 10.0. The first kappa shape index (κ1) is 16.5. The highest BCUT2D eigenvalue weighted by atomic mass is 32.2. The monoisotopic (exact) mass is 314 g/mol. The fourth-order valence-electron chi connectivity index (χ4n) is 3.05. The molecule has 2 rings (SSSR count). The van der Waals surface area contributed by atoms with Crippen LogP contribution in [0.15, 0.2) is 5.03 Å². The zero-order valence-electron chi connectivity index (χ0n) is 13.1. The van der Waals surface area contributed by atoms with Crippen LogP contribution in [0, 0.1) is 6.92 Å². The van der Waals surface area contributed by atoms with Crippen LogP contribution in [-0.4, -0.2) is 42.6 Å². The van der Waals surface area contributed by atoms with Crippen LogP contribution in [0.3, 0.4) is 0 Å². The summed E-state index contributed by atoms with van der Waals surface area (Å²) >= 11 is 0. The van der Waals surface area contributed by atoms with Crippen molar-refractivity contribution in [2.24, 2.45) is 0 Å². The van der Waals surface area contributed by atoms with Gasteiger partial charge in [0.05, 0.1) is 0 Å². The molecule has 0 bridgehead atoms. The number of aromatic nitrogens is 2. The van der Waals surface area contributed by atoms with Crippen LogP contribution in [0.1, 0.15) is 50.3 Å². The van der Waals surface area contributed by atoms with Gasteiger partial charge >= 0.3 is 0 Å². The van der Waals surface area contributed by atoms with Crippen molar-refractivity contribution in [2.75, 3.05) is 13.6 Å². The lowest BCUT2D eigenvalue weighted by atomic mass is 10.0. The van der Waals surface area contributed by atoms with E-state index in [1.165, 1.54) is 0 Å². The van der Waals surface area contributed by atoms with E-state index in [1.54, 1.807) is 4.31 Å². The summed E-state index contributed by atoms with van der Waals surface area (Å²) in [4.78, 5) is 0. The number of nitrogens with one attached hydrogen (secondary N) is 2. The molecule has 1 aromatic heterocycles. The number of H-pyrrole nitrogens is 1. The summed E-state index contributed by atoms with van der Waals surface area (Å²) in [5.41, 5.74) is 1.56. The molecule has 1 aliphatic heterocycles. The minimum Gasteiger partial charge on any atom is -0.316 e. The minimum atomic E-state index is -3.51. The number of nitrogens with zero attached hydrogens (tertiary/aromatic N) is 2. The van der Waals surface area contributed by atoms with Crippen LogP contribution >= 0.6 is 0 Å². The second kappa shape index (κ2) is 6.89. The summed E-state index contributed by atoms with van der Waals surface area (Å²) < 4.78 is 27.7. The molecule has 0 radical (unpaired) electrons. The number of piperidine rings is 1. The Balaban J connectivity index is 2.36. The van der Waals surface area contributed by atoms with Gasteiger partial charge in [0, 0.05) is 30.4 Å². The molecule has 0 saturated carbocycles. The van der Waals surface area contributed by atoms with Crippen LogP contribution in [-0.2, 0) is 16.6 Å². The molecule has 1 saturated heterocycles. The number of aromatic amines is 1. The molecule has 6 nitrogen and oxygen atoms in total. The van der Waals surface area contributed by atoms with Crippen molar-refractivity contribution >= 4 is 10.0 Å². The largest absolute Gasteiger partial charge is 0.316 e. The number of hydrogen-bond acceptors (Lipinski definition) is 4. The lowest BCUT2D eigenvalue weighted by Gasteiger charge is -2.34. The molecule has 1 unspecified atom stereocenters. The summed E-state index contributed by atoms with van der Waals surface area (Å²) in [5, 5.41) is 10.1. The normalized spacial score (nSPS) is 20.8. The third-order valence-electron chi connectivity index (χ3n) is 4.14. The Labute approximate surface area is 127 Å². The molecule has 2 N–H and O–H groups in total. The SMILES string of the molecule is CCCC1CCCCN1S(=O)(=O)c1n[nH]c(C)c1CNC. The average molecular weight is 314 g/mol. The highest BCUT2D eigenvalue weighted by molar-refractivity contribution is 7.89. The Morgan fingerprint density at radius 1 is 1.43 bits per heavy atom. The second-order valence-corrected chi connectivity index (χ2v) is 7.52. The maximum atomic E-state index is 13.0. The van der Waals surface area contributed by atoms with Crippen molar-refractivity contribution in [1.82, 2.24) is 19.8 Å². The molecule has 7 heteroatoms. The Hall–Kier alpha value is -0.920. The van der Waals surface area contributed by atoms with Gasteiger partial charge in [-0.2, -0.15) is 9.40 Å². The highest BCUT2D eigenvalue weighted by Gasteiger charge is 2.36. The van der Waals surface area contributed by atoms with E-state index >= 15 is 0 Å². The molecule has 0 aliphatic carbocycles. The molecule has 1 aromatic rings. The molecule has 21 heavy (non-hydrogen) atoms. The van der Waals surface area contributed by atoms with Crippen molar-refractivity contribution in [2.45, 2.75) is 63.6 Å². The Morgan fingerprint density at radius 2 is 2.19 bits per heavy atom. The molecule has 1 aliphatic rings. The van der Waals surface area contributed by atoms with E-state index in [0.717, 1.165) is 43.4 Å². The van der Waals surface area contributed by atoms with E-state index in [0.29, 0.717) is 13.1 Å². The van der Waals surface area contributed by atoms with Gasteiger partial charge in [0.2, 0.25) is 0 Å². The fraction of sp³-hybridized carbons (Fsp3) is 0.786. The van der Waals surface area contributed by atoms with Crippen molar-refractivity contribution < 1.29 is 8.42 Å². The topological polar surface area (TPSA) is 78.1 Å². The summed E-state index contributed by atoms with van der Waals surface area (Å²) in [7, 11) is -1.71. The Kier molecular flexibility index (Phi) is 5.40. The van der Waals surface area contributed by atoms with Crippen molar-refractivity contribution in [3.8, 4) is 0 Å². The van der Waals surface area contributed by atoms with Crippen LogP contribution in [0.4, 0.5) is 0 Å². The van der Waals surface area contributed by atoms with Gasteiger partial charge in [-0.15, -0.1) is 0 Å². The summed E-state index contributed by atoms with van der Waals surface area (Å²) in [6.45, 7) is 5.07. The second-order valence-electron chi connectivity index (χ2n) is 5.72. The van der Waals surface area contributed by atoms with Gasteiger partial charge in [0.15, 0.2) is 5.03 Å². The van der Waals surface area contributed by atoms with Gasteiger partial charge in [-0.1, -0.05) is 19.8 Å². The van der Waals surface area contributed by atoms with E-state index in [2.05, 4.69) is 22.4 Å². The predicted molar refractivity (Wildman–Crippen MR) is 82.5 cm³/mol. The van der Waals surface area contributed by atoms with Gasteiger partial charge in [-0.05, 0) is 33.2 Å². The van der Waals surface area contributed by atoms with Gasteiger partial charge in [0.1, 0.15) is 0 Å². The average Bonchev–Trinajstić information content (AvgIpc) is 2.82. The minimum absolute atomic E-state index is 0.119. The maximum absolute atomic E-state index is 13.0. The molecule has 1 atom stereocenters. The number of sulfonamides is 1. The maximum Gasteiger partial charge on any atom is 0.262 e. The fourth-order valence-corrected chi connectivity index (χ4v) is 4.94. The Morgan fingerprint density at radius 3 is 2.86 bits per heavy atom. The first-order valence-electron chi connectivity index (χ1n) is 7.72. The lowest BCUT2D eigenvalue weighted by Crippen LogP contribution is -2.44. The van der Waals surface area contributed by atoms with Gasteiger partial charge < -0.3 is 5.32 Å². The lowest BCUT2D eigenvalue weighted by molar-refractivity contribution is 0.239. The molecule has 2 heterocycles. The molecule has 1 fully saturated rings. The van der Waals surface area contributed by atoms with Crippen LogP contribution in [0.2, 0.25) is 0 Å². The van der Waals surface area contributed by atoms with E-state index in [-0.39, 0.29) is 11.1 Å². The molecular formula is C14H26N4O2S. The summed E-state index contributed by atoms with van der Waals surface area (Å²) in [5.74, 6) is 0. The zero-order valence-corrected chi connectivity index (χ0v) is 14.0. The van der Waals surface area contributed by atoms with E-state index in [4.69, 9.17) is 0 Å². The molecular weight excluding hydrogens is 288 g/mol. The van der Waals surface area contributed by atoms with Crippen molar-refractivity contribution in [3.63, 3.8) is 0 Å². The van der Waals surface area contributed by atoms with E-state index < -0.39 is 10.0 Å². The standard InChI is InChI=1S/C14H26N4O2S/c1-4-7-12-8-5-6-9-18(12)21(19,20)14-13(10-15-3)11(2)16-17-14/h12,15H,4-10H2,1-3H3,(H,16,17).